The molecule has 0 spiro atoms. The van der Waals surface area contributed by atoms with E-state index in [9.17, 15) is 4.79 Å². The molecule has 1 unspecified atom stereocenters. The first-order chi connectivity index (χ1) is 9.74. The second kappa shape index (κ2) is 6.10. The lowest BCUT2D eigenvalue weighted by atomic mass is 10.1. The van der Waals surface area contributed by atoms with E-state index in [1.165, 1.54) is 29.7 Å². The van der Waals surface area contributed by atoms with Crippen molar-refractivity contribution in [2.24, 2.45) is 5.92 Å². The minimum atomic E-state index is -0.801. The van der Waals surface area contributed by atoms with E-state index in [4.69, 9.17) is 5.11 Å². The third-order valence-electron chi connectivity index (χ3n) is 3.41. The Morgan fingerprint density at radius 2 is 2.35 bits per heavy atom. The van der Waals surface area contributed by atoms with E-state index in [2.05, 4.69) is 15.6 Å². The summed E-state index contributed by atoms with van der Waals surface area (Å²) in [6.07, 6.45) is 1.24. The van der Waals surface area contributed by atoms with Crippen LogP contribution in [0.25, 0.3) is 11.0 Å². The molecule has 0 aliphatic carbocycles. The monoisotopic (exact) mass is 308 g/mol. The summed E-state index contributed by atoms with van der Waals surface area (Å²) in [5.41, 5.74) is 2.06. The van der Waals surface area contributed by atoms with Crippen molar-refractivity contribution in [1.82, 2.24) is 9.55 Å². The molecule has 6 heteroatoms. The molecule has 1 saturated heterocycles. The number of thioether (sulfide) groups is 2. The van der Waals surface area contributed by atoms with E-state index in [0.29, 0.717) is 5.92 Å². The molecule has 106 valence electrons. The third kappa shape index (κ3) is 2.96. The van der Waals surface area contributed by atoms with Gasteiger partial charge in [-0.1, -0.05) is 23.9 Å². The van der Waals surface area contributed by atoms with Crippen LogP contribution in [0.1, 0.15) is 6.42 Å². The summed E-state index contributed by atoms with van der Waals surface area (Å²) in [6.45, 7) is 0.940. The molecule has 4 nitrogen and oxygen atoms in total. The maximum atomic E-state index is 10.8. The zero-order chi connectivity index (χ0) is 13.9. The molecule has 1 aliphatic rings. The van der Waals surface area contributed by atoms with Crippen molar-refractivity contribution in [3.8, 4) is 0 Å². The van der Waals surface area contributed by atoms with E-state index >= 15 is 0 Å². The summed E-state index contributed by atoms with van der Waals surface area (Å²) < 4.78 is 2.19. The molecule has 0 bridgehead atoms. The molecule has 0 radical (unpaired) electrons. The minimum absolute atomic E-state index is 0.0583. The fourth-order valence-electron chi connectivity index (χ4n) is 2.45. The molecule has 0 amide bonds. The smallest absolute Gasteiger partial charge is 0.313 e. The summed E-state index contributed by atoms with van der Waals surface area (Å²) in [4.78, 5) is 15.4. The van der Waals surface area contributed by atoms with Crippen LogP contribution in [0.5, 0.6) is 0 Å². The molecule has 1 aromatic carbocycles. The van der Waals surface area contributed by atoms with Gasteiger partial charge < -0.3 is 9.67 Å². The van der Waals surface area contributed by atoms with Gasteiger partial charge in [-0.2, -0.15) is 11.8 Å². The summed E-state index contributed by atoms with van der Waals surface area (Å²) in [5.74, 6) is 2.35. The first-order valence-electron chi connectivity index (χ1n) is 6.61. The summed E-state index contributed by atoms with van der Waals surface area (Å²) in [6, 6.07) is 8.03. The highest BCUT2D eigenvalue weighted by Crippen LogP contribution is 2.30. The number of hydrogen-bond donors (Lipinski definition) is 1. The average Bonchev–Trinajstić information content (AvgIpc) is 3.05. The Hall–Kier alpha value is -1.14. The highest BCUT2D eigenvalue weighted by Gasteiger charge is 2.20. The number of nitrogens with zero attached hydrogens (tertiary/aromatic N) is 2. The number of rotatable bonds is 5. The second-order valence-corrected chi connectivity index (χ2v) is 7.00. The lowest BCUT2D eigenvalue weighted by Gasteiger charge is -2.13. The second-order valence-electron chi connectivity index (χ2n) is 4.91. The van der Waals surface area contributed by atoms with Crippen LogP contribution in [0, 0.1) is 5.92 Å². The topological polar surface area (TPSA) is 55.1 Å². The van der Waals surface area contributed by atoms with Gasteiger partial charge in [0.1, 0.15) is 0 Å². The van der Waals surface area contributed by atoms with Crippen LogP contribution in [0.2, 0.25) is 0 Å². The number of carboxylic acid groups (broad SMARTS) is 1. The van der Waals surface area contributed by atoms with Crippen molar-refractivity contribution in [3.63, 3.8) is 0 Å². The highest BCUT2D eigenvalue weighted by molar-refractivity contribution is 7.99. The number of para-hydroxylation sites is 2. The van der Waals surface area contributed by atoms with Gasteiger partial charge >= 0.3 is 5.97 Å². The van der Waals surface area contributed by atoms with Crippen molar-refractivity contribution in [1.29, 1.82) is 0 Å². The van der Waals surface area contributed by atoms with Gasteiger partial charge in [0, 0.05) is 6.54 Å². The lowest BCUT2D eigenvalue weighted by molar-refractivity contribution is -0.133. The molecule has 1 fully saturated rings. The van der Waals surface area contributed by atoms with Crippen LogP contribution in [-0.2, 0) is 11.3 Å². The van der Waals surface area contributed by atoms with Crippen LogP contribution in [0.15, 0.2) is 29.4 Å². The molecule has 1 aliphatic heterocycles. The van der Waals surface area contributed by atoms with Gasteiger partial charge in [-0.15, -0.1) is 0 Å². The Labute approximate surface area is 126 Å². The number of hydrogen-bond acceptors (Lipinski definition) is 4. The van der Waals surface area contributed by atoms with E-state index in [0.717, 1.165) is 22.7 Å². The number of fused-ring (bicyclic) bond motifs is 1. The van der Waals surface area contributed by atoms with Crippen molar-refractivity contribution in [2.45, 2.75) is 18.1 Å². The minimum Gasteiger partial charge on any atom is -0.481 e. The van der Waals surface area contributed by atoms with Crippen LogP contribution < -0.4 is 0 Å². The fourth-order valence-corrected chi connectivity index (χ4v) is 4.47. The number of aliphatic carboxylic acids is 1. The predicted octanol–water partition coefficient (Wildman–Crippen LogP) is 2.97. The zero-order valence-corrected chi connectivity index (χ0v) is 12.6. The molecule has 1 aromatic heterocycles. The van der Waals surface area contributed by atoms with Crippen LogP contribution >= 0.6 is 23.5 Å². The number of carbonyl (C=O) groups is 1. The number of aromatic nitrogens is 2. The summed E-state index contributed by atoms with van der Waals surface area (Å²) >= 11 is 3.31. The number of imidazole rings is 1. The van der Waals surface area contributed by atoms with Crippen molar-refractivity contribution in [3.05, 3.63) is 24.3 Å². The quantitative estimate of drug-likeness (QED) is 0.861. The molecule has 2 aromatic rings. The van der Waals surface area contributed by atoms with E-state index < -0.39 is 5.97 Å². The van der Waals surface area contributed by atoms with Gasteiger partial charge in [-0.25, -0.2) is 4.98 Å². The number of benzene rings is 1. The molecule has 3 rings (SSSR count). The van der Waals surface area contributed by atoms with Gasteiger partial charge in [0.15, 0.2) is 5.16 Å². The maximum absolute atomic E-state index is 10.8. The Bertz CT molecular complexity index is 621. The van der Waals surface area contributed by atoms with E-state index in [1.54, 1.807) is 0 Å². The SMILES string of the molecule is O=C(O)CSc1nc2ccccc2n1CC1CCSC1. The normalized spacial score (nSPS) is 18.7. The average molecular weight is 308 g/mol. The van der Waals surface area contributed by atoms with Gasteiger partial charge in [-0.05, 0) is 36.0 Å². The van der Waals surface area contributed by atoms with E-state index in [-0.39, 0.29) is 5.75 Å². The van der Waals surface area contributed by atoms with Gasteiger partial charge in [-0.3, -0.25) is 4.79 Å². The Balaban J connectivity index is 1.91. The third-order valence-corrected chi connectivity index (χ3v) is 5.60. The van der Waals surface area contributed by atoms with E-state index in [1.807, 2.05) is 30.0 Å². The molecule has 2 heterocycles. The van der Waals surface area contributed by atoms with Crippen molar-refractivity contribution < 1.29 is 9.90 Å². The first kappa shape index (κ1) is 13.8. The van der Waals surface area contributed by atoms with Crippen molar-refractivity contribution in [2.75, 3.05) is 17.3 Å². The molecule has 20 heavy (non-hydrogen) atoms. The molecule has 1 atom stereocenters. The fraction of sp³-hybridized carbons (Fsp3) is 0.429. The van der Waals surface area contributed by atoms with Gasteiger partial charge in [0.25, 0.3) is 0 Å². The van der Waals surface area contributed by atoms with Crippen LogP contribution in [0.4, 0.5) is 0 Å². The maximum Gasteiger partial charge on any atom is 0.313 e. The highest BCUT2D eigenvalue weighted by atomic mass is 32.2. The Morgan fingerprint density at radius 3 is 3.10 bits per heavy atom. The largest absolute Gasteiger partial charge is 0.481 e. The van der Waals surface area contributed by atoms with Gasteiger partial charge in [0.2, 0.25) is 0 Å². The Kier molecular flexibility index (Phi) is 4.21. The van der Waals surface area contributed by atoms with Crippen LogP contribution in [0.3, 0.4) is 0 Å². The molecular weight excluding hydrogens is 292 g/mol. The molecule has 1 N–H and O–H groups in total. The van der Waals surface area contributed by atoms with Gasteiger partial charge in [0.05, 0.1) is 16.8 Å². The molecular formula is C14H16N2O2S2. The zero-order valence-electron chi connectivity index (χ0n) is 11.0. The molecule has 0 saturated carbocycles. The number of carboxylic acids is 1. The Morgan fingerprint density at radius 1 is 1.50 bits per heavy atom. The predicted molar refractivity (Wildman–Crippen MR) is 83.5 cm³/mol. The first-order valence-corrected chi connectivity index (χ1v) is 8.75. The summed E-state index contributed by atoms with van der Waals surface area (Å²) in [5, 5.41) is 9.69. The van der Waals surface area contributed by atoms with Crippen molar-refractivity contribution >= 4 is 40.5 Å². The summed E-state index contributed by atoms with van der Waals surface area (Å²) in [7, 11) is 0. The lowest BCUT2D eigenvalue weighted by Crippen LogP contribution is -2.11. The standard InChI is InChI=1S/C14H16N2O2S2/c17-13(18)9-20-14-15-11-3-1-2-4-12(11)16(14)7-10-5-6-19-8-10/h1-4,10H,5-9H2,(H,17,18). The van der Waals surface area contributed by atoms with Crippen LogP contribution in [-0.4, -0.2) is 37.9 Å².